The number of unbranched alkanes of at least 4 members (excludes halogenated alkanes) is 26. The van der Waals surface area contributed by atoms with Gasteiger partial charge in [-0.15, -0.1) is 0 Å². The lowest BCUT2D eigenvalue weighted by Gasteiger charge is -2.18. The molecule has 0 spiro atoms. The zero-order valence-electron chi connectivity index (χ0n) is 40.2. The van der Waals surface area contributed by atoms with Crippen LogP contribution in [-0.4, -0.2) is 37.2 Å². The van der Waals surface area contributed by atoms with Gasteiger partial charge in [0.1, 0.15) is 13.2 Å². The average molecular weight is 853 g/mol. The molecule has 0 amide bonds. The highest BCUT2D eigenvalue weighted by Crippen LogP contribution is 2.14. The summed E-state index contributed by atoms with van der Waals surface area (Å²) in [6.07, 6.45) is 60.6. The quantitative estimate of drug-likeness (QED) is 0.0200. The molecule has 0 bridgehead atoms. The maximum atomic E-state index is 12.8. The molecule has 61 heavy (non-hydrogen) atoms. The van der Waals surface area contributed by atoms with E-state index in [-0.39, 0.29) is 37.5 Å². The first-order valence-electron chi connectivity index (χ1n) is 25.8. The Hall–Kier alpha value is -2.89. The van der Waals surface area contributed by atoms with Crippen LogP contribution in [0.15, 0.2) is 60.8 Å². The van der Waals surface area contributed by atoms with Crippen molar-refractivity contribution in [2.24, 2.45) is 0 Å². The summed E-state index contributed by atoms with van der Waals surface area (Å²) in [5.74, 6) is -0.957. The Balaban J connectivity index is 4.46. The van der Waals surface area contributed by atoms with Gasteiger partial charge in [-0.2, -0.15) is 0 Å². The van der Waals surface area contributed by atoms with Crippen LogP contribution in [-0.2, 0) is 28.6 Å². The van der Waals surface area contributed by atoms with Crippen LogP contribution in [0.4, 0.5) is 0 Å². The van der Waals surface area contributed by atoms with Crippen molar-refractivity contribution >= 4 is 17.9 Å². The van der Waals surface area contributed by atoms with Gasteiger partial charge in [-0.25, -0.2) is 0 Å². The van der Waals surface area contributed by atoms with Crippen molar-refractivity contribution in [1.82, 2.24) is 0 Å². The van der Waals surface area contributed by atoms with Crippen molar-refractivity contribution in [3.05, 3.63) is 60.8 Å². The monoisotopic (exact) mass is 853 g/mol. The maximum Gasteiger partial charge on any atom is 0.306 e. The topological polar surface area (TPSA) is 78.9 Å². The number of esters is 3. The third kappa shape index (κ3) is 48.0. The lowest BCUT2D eigenvalue weighted by Crippen LogP contribution is -2.30. The van der Waals surface area contributed by atoms with Crippen LogP contribution in [0.3, 0.4) is 0 Å². The number of carbonyl (C=O) groups is 3. The van der Waals surface area contributed by atoms with Gasteiger partial charge in [0.2, 0.25) is 0 Å². The number of ether oxygens (including phenoxy) is 3. The molecule has 6 heteroatoms. The van der Waals surface area contributed by atoms with E-state index in [1.807, 2.05) is 0 Å². The van der Waals surface area contributed by atoms with Crippen LogP contribution >= 0.6 is 0 Å². The summed E-state index contributed by atoms with van der Waals surface area (Å²) in [5, 5.41) is 0. The van der Waals surface area contributed by atoms with Crippen molar-refractivity contribution in [3.8, 4) is 0 Å². The Labute approximate surface area is 377 Å². The van der Waals surface area contributed by atoms with E-state index in [1.54, 1.807) is 0 Å². The van der Waals surface area contributed by atoms with E-state index in [0.717, 1.165) is 70.6 Å². The fourth-order valence-electron chi connectivity index (χ4n) is 7.10. The van der Waals surface area contributed by atoms with E-state index in [0.29, 0.717) is 19.3 Å². The zero-order chi connectivity index (χ0) is 44.4. The molecule has 0 radical (unpaired) electrons. The number of allylic oxidation sites excluding steroid dienone is 10. The van der Waals surface area contributed by atoms with Crippen LogP contribution < -0.4 is 0 Å². The van der Waals surface area contributed by atoms with Gasteiger partial charge in [0.05, 0.1) is 0 Å². The van der Waals surface area contributed by atoms with Gasteiger partial charge in [-0.05, 0) is 77.0 Å². The van der Waals surface area contributed by atoms with Crippen molar-refractivity contribution in [1.29, 1.82) is 0 Å². The first-order valence-corrected chi connectivity index (χ1v) is 25.8. The average Bonchev–Trinajstić information content (AvgIpc) is 3.26. The molecule has 0 aromatic rings. The Morgan fingerprint density at radius 2 is 0.656 bits per heavy atom. The van der Waals surface area contributed by atoms with E-state index in [2.05, 4.69) is 81.5 Å². The number of carbonyl (C=O) groups excluding carboxylic acids is 3. The molecule has 0 fully saturated rings. The Bertz CT molecular complexity index is 1120. The third-order valence-electron chi connectivity index (χ3n) is 11.0. The maximum absolute atomic E-state index is 12.8. The SMILES string of the molecule is CCCCC/C=C\C=C/CCCCCCCCC(=O)OC(COC(=O)CCC/C=C\C/C=C\C/C=C\CCCCCCCC)COC(=O)CCCCCCCCCCCCC. The third-order valence-corrected chi connectivity index (χ3v) is 11.0. The predicted molar refractivity (Wildman–Crippen MR) is 261 cm³/mol. The minimum atomic E-state index is -0.797. The van der Waals surface area contributed by atoms with Gasteiger partial charge >= 0.3 is 17.9 Å². The summed E-state index contributed by atoms with van der Waals surface area (Å²) in [7, 11) is 0. The molecule has 0 rings (SSSR count). The lowest BCUT2D eigenvalue weighted by atomic mass is 10.1. The lowest BCUT2D eigenvalue weighted by molar-refractivity contribution is -0.167. The minimum absolute atomic E-state index is 0.0931. The number of hydrogen-bond acceptors (Lipinski definition) is 6. The van der Waals surface area contributed by atoms with Crippen LogP contribution in [0.2, 0.25) is 0 Å². The van der Waals surface area contributed by atoms with E-state index in [9.17, 15) is 14.4 Å². The molecule has 0 N–H and O–H groups in total. The zero-order valence-corrected chi connectivity index (χ0v) is 40.2. The highest BCUT2D eigenvalue weighted by molar-refractivity contribution is 5.71. The Morgan fingerprint density at radius 3 is 1.11 bits per heavy atom. The smallest absolute Gasteiger partial charge is 0.306 e. The molecule has 0 aliphatic carbocycles. The van der Waals surface area contributed by atoms with Crippen LogP contribution in [0, 0.1) is 0 Å². The normalized spacial score (nSPS) is 12.5. The van der Waals surface area contributed by atoms with Crippen molar-refractivity contribution in [3.63, 3.8) is 0 Å². The fraction of sp³-hybridized carbons (Fsp3) is 0.764. The summed E-state index contributed by atoms with van der Waals surface area (Å²) in [4.78, 5) is 37.9. The molecule has 0 aliphatic rings. The van der Waals surface area contributed by atoms with Crippen molar-refractivity contribution < 1.29 is 28.6 Å². The van der Waals surface area contributed by atoms with E-state index in [4.69, 9.17) is 14.2 Å². The number of hydrogen-bond donors (Lipinski definition) is 0. The first-order chi connectivity index (χ1) is 30.0. The fourth-order valence-corrected chi connectivity index (χ4v) is 7.10. The van der Waals surface area contributed by atoms with Gasteiger partial charge in [0.25, 0.3) is 0 Å². The van der Waals surface area contributed by atoms with E-state index < -0.39 is 6.10 Å². The van der Waals surface area contributed by atoms with Crippen molar-refractivity contribution in [2.45, 2.75) is 258 Å². The van der Waals surface area contributed by atoms with Gasteiger partial charge in [-0.3, -0.25) is 14.4 Å². The second kappa shape index (κ2) is 49.8. The van der Waals surface area contributed by atoms with E-state index >= 15 is 0 Å². The van der Waals surface area contributed by atoms with Gasteiger partial charge < -0.3 is 14.2 Å². The molecule has 0 heterocycles. The predicted octanol–water partition coefficient (Wildman–Crippen LogP) is 16.9. The second-order valence-corrected chi connectivity index (χ2v) is 17.1. The molecule has 352 valence electrons. The molecule has 0 saturated heterocycles. The van der Waals surface area contributed by atoms with E-state index in [1.165, 1.54) is 135 Å². The molecular weight excluding hydrogens is 757 g/mol. The number of rotatable bonds is 46. The highest BCUT2D eigenvalue weighted by atomic mass is 16.6. The minimum Gasteiger partial charge on any atom is -0.462 e. The Morgan fingerprint density at radius 1 is 0.344 bits per heavy atom. The van der Waals surface area contributed by atoms with Crippen LogP contribution in [0.5, 0.6) is 0 Å². The molecular formula is C55H96O6. The molecule has 1 atom stereocenters. The first kappa shape index (κ1) is 58.1. The van der Waals surface area contributed by atoms with Crippen LogP contribution in [0.25, 0.3) is 0 Å². The van der Waals surface area contributed by atoms with Gasteiger partial charge in [0, 0.05) is 19.3 Å². The summed E-state index contributed by atoms with van der Waals surface area (Å²) >= 11 is 0. The Kier molecular flexibility index (Phi) is 47.4. The molecule has 1 unspecified atom stereocenters. The standard InChI is InChI=1S/C55H96O6/c1-4-7-10-13-16-19-22-24-26-27-29-30-33-36-39-42-45-48-54(57)60-51-52(50-59-53(56)47-44-41-38-35-32-21-18-15-12-9-6-3)61-55(58)49-46-43-40-37-34-31-28-25-23-20-17-14-11-8-5-2/h17,20,23-26,29-30,36,39,52H,4-16,18-19,21-22,27-28,31-35,37-38,40-51H2,1-3H3/b20-17-,25-23-,26-24-,30-29-,39-36-. The molecule has 0 aromatic heterocycles. The van der Waals surface area contributed by atoms with Gasteiger partial charge in [-0.1, -0.05) is 216 Å². The molecule has 0 saturated carbocycles. The summed E-state index contributed by atoms with van der Waals surface area (Å²) in [5.41, 5.74) is 0. The molecule has 6 nitrogen and oxygen atoms in total. The summed E-state index contributed by atoms with van der Waals surface area (Å²) < 4.78 is 16.7. The molecule has 0 aromatic carbocycles. The van der Waals surface area contributed by atoms with Crippen LogP contribution in [0.1, 0.15) is 252 Å². The highest BCUT2D eigenvalue weighted by Gasteiger charge is 2.19. The summed E-state index contributed by atoms with van der Waals surface area (Å²) in [6, 6.07) is 0. The van der Waals surface area contributed by atoms with Gasteiger partial charge in [0.15, 0.2) is 6.10 Å². The largest absolute Gasteiger partial charge is 0.462 e. The summed E-state index contributed by atoms with van der Waals surface area (Å²) in [6.45, 7) is 6.54. The second-order valence-electron chi connectivity index (χ2n) is 17.1. The van der Waals surface area contributed by atoms with Crippen molar-refractivity contribution in [2.75, 3.05) is 13.2 Å². The molecule has 0 aliphatic heterocycles.